The molecule has 3 fully saturated rings. The number of carboxylic acid groups (broad SMARTS) is 1. The van der Waals surface area contributed by atoms with E-state index in [1.54, 1.807) is 0 Å². The van der Waals surface area contributed by atoms with Gasteiger partial charge in [-0.3, -0.25) is 33.6 Å². The van der Waals surface area contributed by atoms with Crippen molar-refractivity contribution in [1.29, 1.82) is 0 Å². The lowest BCUT2D eigenvalue weighted by Crippen LogP contribution is -2.64. The molecule has 38 heteroatoms. The summed E-state index contributed by atoms with van der Waals surface area (Å²) in [4.78, 5) is 122. The zero-order chi connectivity index (χ0) is 88.7. The van der Waals surface area contributed by atoms with E-state index < -0.39 is 250 Å². The summed E-state index contributed by atoms with van der Waals surface area (Å²) in [6.45, 7) is 11.0. The van der Waals surface area contributed by atoms with Gasteiger partial charge >= 0.3 is 5.97 Å². The van der Waals surface area contributed by atoms with Gasteiger partial charge < -0.3 is 149 Å². The number of fused-ring (bicyclic) bond motifs is 15. The molecular formula is C84H112ClN11O26. The highest BCUT2D eigenvalue weighted by Crippen LogP contribution is 2.51. The van der Waals surface area contributed by atoms with Gasteiger partial charge in [0.15, 0.2) is 36.2 Å². The first-order valence-electron chi connectivity index (χ1n) is 40.9. The first-order valence-corrected chi connectivity index (χ1v) is 41.3. The maximum Gasteiger partial charge on any atom is 0.330 e. The minimum atomic E-state index is -2.36. The molecule has 0 spiro atoms. The minimum Gasteiger partial charge on any atom is -0.507 e. The number of amides is 7. The Morgan fingerprint density at radius 1 is 0.664 bits per heavy atom. The van der Waals surface area contributed by atoms with Crippen LogP contribution in [0.15, 0.2) is 78.9 Å². The highest BCUT2D eigenvalue weighted by Gasteiger charge is 2.53. The van der Waals surface area contributed by atoms with E-state index in [9.17, 15) is 65.4 Å². The molecule has 0 radical (unpaired) electrons. The number of aliphatic hydroxyl groups is 6. The van der Waals surface area contributed by atoms with Crippen LogP contribution in [0.1, 0.15) is 189 Å². The molecule has 22 atom stereocenters. The van der Waals surface area contributed by atoms with Gasteiger partial charge in [-0.2, -0.15) is 0 Å². The monoisotopic (exact) mass is 1730 g/mol. The van der Waals surface area contributed by atoms with Gasteiger partial charge in [-0.05, 0) is 137 Å². The number of hydrogen-bond donors (Lipinski definition) is 21. The smallest absolute Gasteiger partial charge is 0.330 e. The van der Waals surface area contributed by atoms with Crippen LogP contribution < -0.4 is 73.9 Å². The maximum atomic E-state index is 16.6. The number of hydrogen-bond acceptors (Lipinski definition) is 29. The fraction of sp³-hybridized carbons (Fsp3) is 0.548. The molecule has 24 N–H and O–H groups in total. The van der Waals surface area contributed by atoms with Crippen molar-refractivity contribution in [2.75, 3.05) is 20.2 Å². The number of phenols is 3. The molecule has 8 aliphatic rings. The highest BCUT2D eigenvalue weighted by molar-refractivity contribution is 6.32. The van der Waals surface area contributed by atoms with Crippen LogP contribution in [-0.4, -0.2) is 222 Å². The number of carbonyl (C=O) groups is 8. The fourth-order valence-electron chi connectivity index (χ4n) is 16.1. The topological polar surface area (TPSA) is 587 Å². The maximum absolute atomic E-state index is 16.6. The number of phenolic OH excluding ortho intramolecular Hbond substituents is 3. The standard InChI is InChI=1S/C84H112ClN11O26/c1-9-10-11-12-13-14-15-16-25-90-35-47-52(99)31-46-60(67(47)102)45-27-41(19-23-51(45)98)61-77(109)96-65(80(112)94-63(46)81(113)114)70(120-58-33-83(6,87)73(105)38(4)115-58)40-17-21-44(22-18-40)117-54-29-43-30-55(71(54)122-82-72(69(104)68(103)56(36-97)119-82)121-59-34-84(7,88)74(106)39(5)116-59)118-53-24-20-42(28-48(53)85)66(101)64(95-75(107)49(89-8)26-37(2)3)79(111)91-50(32-57(86)100)76(108)92-62(43)78(110)93-61/h17-24,27-31,37-39,49-50,56,58-59,61-66,68-70,72-74,82,89-90,97-99,101-106H,9-16,25-26,32-36,87-88H2,1-8H3,(H2,86,100)(H,91,111)(H,92,108)(H,93,110)(H,94,112)(H,95,107)(H,96,109)(H,113,114)/t38-,39-,49+,50-,56+,58-,59-,61+,62+,63-,64+,65-,66+,68+,69-,70+,72+,73-,74-,82?,83-,84-/m0/s1. The third kappa shape index (κ3) is 21.4. The van der Waals surface area contributed by atoms with Gasteiger partial charge in [0.2, 0.25) is 53.4 Å². The number of aliphatic hydroxyl groups excluding tert-OH is 6. The zero-order valence-corrected chi connectivity index (χ0v) is 69.6. The minimum absolute atomic E-state index is 0.0382. The Balaban J connectivity index is 1.16. The average molecular weight is 1730 g/mol. The average Bonchev–Trinajstić information content (AvgIpc) is 0.760. The van der Waals surface area contributed by atoms with E-state index in [1.165, 1.54) is 71.1 Å². The van der Waals surface area contributed by atoms with Crippen LogP contribution in [0.25, 0.3) is 11.1 Å². The van der Waals surface area contributed by atoms with Crippen molar-refractivity contribution in [3.05, 3.63) is 117 Å². The Bertz CT molecular complexity index is 4620. The van der Waals surface area contributed by atoms with E-state index in [2.05, 4.69) is 49.5 Å². The summed E-state index contributed by atoms with van der Waals surface area (Å²) in [5, 5.41) is 139. The van der Waals surface area contributed by atoms with Crippen molar-refractivity contribution < 1.29 is 127 Å². The Morgan fingerprint density at radius 3 is 1.87 bits per heavy atom. The van der Waals surface area contributed by atoms with E-state index in [1.807, 2.05) is 13.8 Å². The number of nitrogens with one attached hydrogen (secondary N) is 8. The molecular weight excluding hydrogens is 1610 g/mol. The Hall–Kier alpha value is -9.65. The SMILES string of the molecule is CCCCCCCCCCNCc1c(O)cc2c(c1O)-c1cc(ccc1O)[C@H]1NC(=O)[C@@H]3NC(=O)[C@H](CC(N)=O)NC(=O)[C@H](NC(=O)[C@@H](CC(C)C)NC)[C@H](O)c4ccc(c(Cl)c4)Oc4cc3cc(c4OC3O[C@H](CO)[C@@H](O)[C@H](O)[C@H]3O[C@H]3C[C@](C)(N)[C@@H](O)[C@H](C)O3)Oc3ccc(cc3)[C@@H](O[C@H]3C[C@](C)(N)[C@@H](O)[C@H](C)O3)[C@H](NC1=O)C(=O)N[C@@H]2C(=O)O. The molecule has 5 aromatic rings. The third-order valence-corrected chi connectivity index (χ3v) is 23.2. The van der Waals surface area contributed by atoms with Gasteiger partial charge in [0.1, 0.15) is 89.5 Å². The molecule has 0 saturated carbocycles. The number of primary amides is 1. The molecule has 0 aromatic heterocycles. The number of rotatable bonds is 26. The van der Waals surface area contributed by atoms with Crippen molar-refractivity contribution in [3.8, 4) is 57.1 Å². The molecule has 7 amide bonds. The molecule has 8 aliphatic heterocycles. The van der Waals surface area contributed by atoms with Crippen molar-refractivity contribution >= 4 is 58.9 Å². The summed E-state index contributed by atoms with van der Waals surface area (Å²) >= 11 is 7.19. The van der Waals surface area contributed by atoms with Crippen LogP contribution in [0.2, 0.25) is 5.02 Å². The predicted octanol–water partition coefficient (Wildman–Crippen LogP) is 2.92. The lowest BCUT2D eigenvalue weighted by Gasteiger charge is -2.47. The number of halogens is 1. The van der Waals surface area contributed by atoms with E-state index in [0.717, 1.165) is 87.4 Å². The van der Waals surface area contributed by atoms with Crippen LogP contribution >= 0.6 is 11.6 Å². The predicted molar refractivity (Wildman–Crippen MR) is 435 cm³/mol. The van der Waals surface area contributed by atoms with Crippen molar-refractivity contribution in [3.63, 3.8) is 0 Å². The van der Waals surface area contributed by atoms with Crippen LogP contribution in [-0.2, 0) is 68.6 Å². The lowest BCUT2D eigenvalue weighted by atomic mass is 9.86. The number of aliphatic carboxylic acids is 1. The van der Waals surface area contributed by atoms with Gasteiger partial charge in [0, 0.05) is 47.2 Å². The fourth-order valence-corrected chi connectivity index (χ4v) is 16.3. The molecule has 1 unspecified atom stereocenters. The molecule has 5 aromatic carbocycles. The molecule has 122 heavy (non-hydrogen) atoms. The second-order valence-corrected chi connectivity index (χ2v) is 33.4. The molecule has 0 aliphatic carbocycles. The van der Waals surface area contributed by atoms with Crippen LogP contribution in [0.3, 0.4) is 0 Å². The van der Waals surface area contributed by atoms with E-state index in [4.69, 9.17) is 66.7 Å². The summed E-state index contributed by atoms with van der Waals surface area (Å²) in [6.07, 6.45) is -14.5. The number of carbonyl (C=O) groups excluding carboxylic acids is 7. The first kappa shape index (κ1) is 93.1. The Labute approximate surface area is 708 Å². The Kier molecular flexibility index (Phi) is 30.4. The Morgan fingerprint density at radius 2 is 1.26 bits per heavy atom. The van der Waals surface area contributed by atoms with Gasteiger partial charge in [-0.25, -0.2) is 4.79 Å². The number of unbranched alkanes of at least 4 members (excludes halogenated alkanes) is 7. The van der Waals surface area contributed by atoms with E-state index in [-0.39, 0.29) is 70.5 Å². The summed E-state index contributed by atoms with van der Waals surface area (Å²) in [5.74, 6) is -15.3. The second kappa shape index (κ2) is 39.9. The van der Waals surface area contributed by atoms with Gasteiger partial charge in [0.05, 0.1) is 54.1 Å². The van der Waals surface area contributed by atoms with Crippen molar-refractivity contribution in [2.45, 2.75) is 265 Å². The van der Waals surface area contributed by atoms with Crippen molar-refractivity contribution in [2.24, 2.45) is 23.1 Å². The van der Waals surface area contributed by atoms with Crippen LogP contribution in [0.4, 0.5) is 0 Å². The molecule has 666 valence electrons. The number of likely N-dealkylation sites (N-methyl/N-ethyl adjacent to an activating group) is 1. The number of aromatic hydroxyl groups is 3. The molecule has 11 bridgehead atoms. The quantitative estimate of drug-likeness (QED) is 0.0354. The lowest BCUT2D eigenvalue weighted by molar-refractivity contribution is -0.333. The normalized spacial score (nSPS) is 30.2. The number of nitrogens with two attached hydrogens (primary N) is 3. The summed E-state index contributed by atoms with van der Waals surface area (Å²) in [5.41, 5.74) is 13.6. The largest absolute Gasteiger partial charge is 0.507 e. The van der Waals surface area contributed by atoms with Gasteiger partial charge in [0.25, 0.3) is 0 Å². The first-order chi connectivity index (χ1) is 57.8. The molecule has 3 saturated heterocycles. The number of carboxylic acids is 1. The molecule has 13 rings (SSSR count). The van der Waals surface area contributed by atoms with E-state index in [0.29, 0.717) is 13.0 Å². The number of ether oxygens (including phenoxy) is 8. The van der Waals surface area contributed by atoms with Crippen LogP contribution in [0.5, 0.6) is 46.0 Å². The molecule has 8 heterocycles. The van der Waals surface area contributed by atoms with Crippen molar-refractivity contribution in [1.82, 2.24) is 42.5 Å². The van der Waals surface area contributed by atoms with Gasteiger partial charge in [-0.1, -0.05) is 102 Å². The number of benzene rings is 5. The highest BCUT2D eigenvalue weighted by atomic mass is 35.5. The van der Waals surface area contributed by atoms with Crippen LogP contribution in [0, 0.1) is 5.92 Å². The summed E-state index contributed by atoms with van der Waals surface area (Å²) < 4.78 is 52.1. The second-order valence-electron chi connectivity index (χ2n) is 33.0. The molecule has 37 nitrogen and oxygen atoms in total. The summed E-state index contributed by atoms with van der Waals surface area (Å²) in [7, 11) is 1.48. The van der Waals surface area contributed by atoms with E-state index >= 15 is 24.0 Å². The zero-order valence-electron chi connectivity index (χ0n) is 68.9. The third-order valence-electron chi connectivity index (χ3n) is 22.9. The van der Waals surface area contributed by atoms with Gasteiger partial charge in [-0.15, -0.1) is 0 Å². The summed E-state index contributed by atoms with van der Waals surface area (Å²) in [6, 6.07) is 0.989.